The van der Waals surface area contributed by atoms with Crippen molar-refractivity contribution in [3.05, 3.63) is 38.4 Å². The van der Waals surface area contributed by atoms with Gasteiger partial charge in [-0.25, -0.2) is 0 Å². The Labute approximate surface area is 119 Å². The first kappa shape index (κ1) is 12.9. The zero-order valence-corrected chi connectivity index (χ0v) is 12.6. The van der Waals surface area contributed by atoms with E-state index < -0.39 is 0 Å². The number of hydrogen-bond donors (Lipinski definition) is 0. The van der Waals surface area contributed by atoms with Gasteiger partial charge >= 0.3 is 0 Å². The summed E-state index contributed by atoms with van der Waals surface area (Å²) in [6, 6.07) is 5.49. The molecule has 0 aliphatic rings. The van der Waals surface area contributed by atoms with E-state index in [0.717, 1.165) is 28.0 Å². The quantitative estimate of drug-likeness (QED) is 0.760. The Morgan fingerprint density at radius 1 is 1.35 bits per heavy atom. The topological polar surface area (TPSA) is 17.8 Å². The zero-order chi connectivity index (χ0) is 12.6. The molecule has 0 radical (unpaired) electrons. The van der Waals surface area contributed by atoms with Crippen LogP contribution < -0.4 is 0 Å². The normalized spacial score (nSPS) is 10.9. The first-order valence-electron chi connectivity index (χ1n) is 5.23. The fourth-order valence-corrected chi connectivity index (χ4v) is 2.72. The number of nitrogens with zero attached hydrogens (tertiary/aromatic N) is 2. The summed E-state index contributed by atoms with van der Waals surface area (Å²) in [5, 5.41) is 5.71. The van der Waals surface area contributed by atoms with Crippen molar-refractivity contribution >= 4 is 39.1 Å². The molecule has 0 aliphatic heterocycles. The molecule has 2 nitrogen and oxygen atoms in total. The van der Waals surface area contributed by atoms with Crippen LogP contribution in [0.2, 0.25) is 10.0 Å². The molecule has 0 aliphatic carbocycles. The molecule has 90 valence electrons. The van der Waals surface area contributed by atoms with Crippen molar-refractivity contribution in [2.75, 3.05) is 0 Å². The van der Waals surface area contributed by atoms with E-state index in [-0.39, 0.29) is 0 Å². The fraction of sp³-hybridized carbons (Fsp3) is 0.250. The minimum Gasteiger partial charge on any atom is -0.264 e. The summed E-state index contributed by atoms with van der Waals surface area (Å²) in [6.07, 6.45) is 0. The smallest absolute Gasteiger partial charge is 0.0842 e. The molecule has 0 spiro atoms. The molecule has 0 saturated carbocycles. The molecule has 2 rings (SSSR count). The van der Waals surface area contributed by atoms with Gasteiger partial charge in [-0.2, -0.15) is 5.10 Å². The van der Waals surface area contributed by atoms with Crippen LogP contribution in [0.1, 0.15) is 12.6 Å². The molecule has 0 bridgehead atoms. The van der Waals surface area contributed by atoms with Crippen LogP contribution >= 0.6 is 39.1 Å². The Bertz CT molecular complexity index is 564. The SMILES string of the molecule is CCn1nc(C)c(Br)c1-c1ccc(Cl)cc1Cl. The Morgan fingerprint density at radius 3 is 2.65 bits per heavy atom. The zero-order valence-electron chi connectivity index (χ0n) is 9.47. The highest BCUT2D eigenvalue weighted by molar-refractivity contribution is 9.10. The molecular formula is C12H11BrCl2N2. The van der Waals surface area contributed by atoms with Crippen LogP contribution in [0, 0.1) is 6.92 Å². The summed E-state index contributed by atoms with van der Waals surface area (Å²) in [7, 11) is 0. The third-order valence-corrected chi connectivity index (χ3v) is 4.04. The lowest BCUT2D eigenvalue weighted by Gasteiger charge is -2.08. The summed E-state index contributed by atoms with van der Waals surface area (Å²) in [6.45, 7) is 4.80. The van der Waals surface area contributed by atoms with E-state index in [1.165, 1.54) is 0 Å². The van der Waals surface area contributed by atoms with Gasteiger partial charge in [0.2, 0.25) is 0 Å². The van der Waals surface area contributed by atoms with Crippen LogP contribution in [0.4, 0.5) is 0 Å². The highest BCUT2D eigenvalue weighted by Crippen LogP contribution is 2.36. The summed E-state index contributed by atoms with van der Waals surface area (Å²) in [5.41, 5.74) is 2.88. The third kappa shape index (κ3) is 2.37. The molecule has 1 aromatic heterocycles. The highest BCUT2D eigenvalue weighted by atomic mass is 79.9. The lowest BCUT2D eigenvalue weighted by molar-refractivity contribution is 0.660. The minimum atomic E-state index is 0.632. The van der Waals surface area contributed by atoms with Crippen molar-refractivity contribution in [2.24, 2.45) is 0 Å². The maximum absolute atomic E-state index is 6.23. The van der Waals surface area contributed by atoms with Gasteiger partial charge in [0, 0.05) is 17.1 Å². The number of aromatic nitrogens is 2. The van der Waals surface area contributed by atoms with Crippen molar-refractivity contribution in [1.82, 2.24) is 9.78 Å². The molecule has 0 atom stereocenters. The second kappa shape index (κ2) is 5.01. The Morgan fingerprint density at radius 2 is 2.06 bits per heavy atom. The molecule has 1 aromatic carbocycles. The van der Waals surface area contributed by atoms with E-state index in [1.807, 2.05) is 30.7 Å². The van der Waals surface area contributed by atoms with E-state index in [4.69, 9.17) is 23.2 Å². The molecule has 0 unspecified atom stereocenters. The average Bonchev–Trinajstić information content (AvgIpc) is 2.56. The molecule has 0 N–H and O–H groups in total. The maximum Gasteiger partial charge on any atom is 0.0842 e. The van der Waals surface area contributed by atoms with Crippen molar-refractivity contribution in [2.45, 2.75) is 20.4 Å². The monoisotopic (exact) mass is 332 g/mol. The standard InChI is InChI=1S/C12H11BrCl2N2/c1-3-17-12(11(13)7(2)16-17)9-5-4-8(14)6-10(9)15/h4-6H,3H2,1-2H3. The predicted octanol–water partition coefficient (Wildman–Crippen LogP) is 4.95. The molecule has 17 heavy (non-hydrogen) atoms. The van der Waals surface area contributed by atoms with Crippen LogP contribution in [0.25, 0.3) is 11.3 Å². The fourth-order valence-electron chi connectivity index (χ4n) is 1.73. The first-order valence-corrected chi connectivity index (χ1v) is 6.77. The lowest BCUT2D eigenvalue weighted by atomic mass is 10.1. The van der Waals surface area contributed by atoms with Crippen LogP contribution in [-0.4, -0.2) is 9.78 Å². The second-order valence-corrected chi connectivity index (χ2v) is 5.32. The Hall–Kier alpha value is -0.510. The summed E-state index contributed by atoms with van der Waals surface area (Å²) in [5.74, 6) is 0. The maximum atomic E-state index is 6.23. The van der Waals surface area contributed by atoms with E-state index in [0.29, 0.717) is 10.0 Å². The molecule has 0 amide bonds. The number of rotatable bonds is 2. The molecular weight excluding hydrogens is 323 g/mol. The Balaban J connectivity index is 2.67. The third-order valence-electron chi connectivity index (χ3n) is 2.54. The summed E-state index contributed by atoms with van der Waals surface area (Å²) >= 11 is 15.7. The molecule has 0 fully saturated rings. The van der Waals surface area contributed by atoms with Crippen LogP contribution in [0.3, 0.4) is 0 Å². The van der Waals surface area contributed by atoms with Crippen molar-refractivity contribution in [3.8, 4) is 11.3 Å². The highest BCUT2D eigenvalue weighted by Gasteiger charge is 2.16. The van der Waals surface area contributed by atoms with Crippen molar-refractivity contribution in [3.63, 3.8) is 0 Å². The Kier molecular flexibility index (Phi) is 3.81. The van der Waals surface area contributed by atoms with Crippen LogP contribution in [0.5, 0.6) is 0 Å². The van der Waals surface area contributed by atoms with Gasteiger partial charge in [0.25, 0.3) is 0 Å². The van der Waals surface area contributed by atoms with E-state index in [2.05, 4.69) is 21.0 Å². The van der Waals surface area contributed by atoms with Gasteiger partial charge in [-0.05, 0) is 48.0 Å². The van der Waals surface area contributed by atoms with Crippen LogP contribution in [0.15, 0.2) is 22.7 Å². The van der Waals surface area contributed by atoms with E-state index >= 15 is 0 Å². The molecule has 1 heterocycles. The van der Waals surface area contributed by atoms with Gasteiger partial charge in [-0.1, -0.05) is 23.2 Å². The first-order chi connectivity index (χ1) is 8.04. The van der Waals surface area contributed by atoms with Crippen LogP contribution in [-0.2, 0) is 6.54 Å². The lowest BCUT2D eigenvalue weighted by Crippen LogP contribution is -1.99. The predicted molar refractivity (Wildman–Crippen MR) is 75.8 cm³/mol. The van der Waals surface area contributed by atoms with Crippen molar-refractivity contribution < 1.29 is 0 Å². The summed E-state index contributed by atoms with van der Waals surface area (Å²) < 4.78 is 2.90. The minimum absolute atomic E-state index is 0.632. The summed E-state index contributed by atoms with van der Waals surface area (Å²) in [4.78, 5) is 0. The average molecular weight is 334 g/mol. The van der Waals surface area contributed by atoms with Gasteiger partial charge in [0.1, 0.15) is 0 Å². The van der Waals surface area contributed by atoms with E-state index in [1.54, 1.807) is 6.07 Å². The number of benzene rings is 1. The number of hydrogen-bond acceptors (Lipinski definition) is 1. The molecule has 5 heteroatoms. The van der Waals surface area contributed by atoms with Gasteiger partial charge in [0.15, 0.2) is 0 Å². The molecule has 0 saturated heterocycles. The number of halogens is 3. The van der Waals surface area contributed by atoms with Gasteiger partial charge < -0.3 is 0 Å². The van der Waals surface area contributed by atoms with Gasteiger partial charge in [-0.3, -0.25) is 4.68 Å². The molecule has 2 aromatic rings. The number of aryl methyl sites for hydroxylation is 2. The second-order valence-electron chi connectivity index (χ2n) is 3.69. The van der Waals surface area contributed by atoms with Crippen molar-refractivity contribution in [1.29, 1.82) is 0 Å². The van der Waals surface area contributed by atoms with Gasteiger partial charge in [-0.15, -0.1) is 0 Å². The van der Waals surface area contributed by atoms with E-state index in [9.17, 15) is 0 Å². The van der Waals surface area contributed by atoms with Gasteiger partial charge in [0.05, 0.1) is 20.9 Å². The largest absolute Gasteiger partial charge is 0.264 e.